The van der Waals surface area contributed by atoms with E-state index in [0.717, 1.165) is 4.47 Å². The molecule has 1 aromatic carbocycles. The van der Waals surface area contributed by atoms with Gasteiger partial charge in [0, 0.05) is 46.4 Å². The predicted octanol–water partition coefficient (Wildman–Crippen LogP) is 4.25. The molecule has 0 spiro atoms. The average Bonchev–Trinajstić information content (AvgIpc) is 2.46. The summed E-state index contributed by atoms with van der Waals surface area (Å²) in [4.78, 5) is 0. The third-order valence-electron chi connectivity index (χ3n) is 1.69. The Hall–Kier alpha value is 0.320. The van der Waals surface area contributed by atoms with Crippen LogP contribution in [0.2, 0.25) is 0 Å². The third kappa shape index (κ3) is 1.52. The molecule has 2 aromatic rings. The van der Waals surface area contributed by atoms with Crippen molar-refractivity contribution in [2.45, 2.75) is 0 Å². The summed E-state index contributed by atoms with van der Waals surface area (Å²) in [6, 6.07) is 8.42. The van der Waals surface area contributed by atoms with Crippen LogP contribution in [0.5, 0.6) is 0 Å². The topological polar surface area (TPSA) is 4.93 Å². The third-order valence-corrected chi connectivity index (χ3v) is 3.92. The van der Waals surface area contributed by atoms with E-state index in [9.17, 15) is 0 Å². The average molecular weight is 354 g/mol. The quantitative estimate of drug-likeness (QED) is 0.694. The zero-order valence-electron chi connectivity index (χ0n) is 6.00. The largest absolute Gasteiger partial charge is 0.283 e. The second-order valence-electron chi connectivity index (χ2n) is 2.41. The highest BCUT2D eigenvalue weighted by atomic mass is 127. The van der Waals surface area contributed by atoms with Gasteiger partial charge in [0.2, 0.25) is 0 Å². The predicted molar refractivity (Wildman–Crippen MR) is 66.6 cm³/mol. The first kappa shape index (κ1) is 8.90. The van der Waals surface area contributed by atoms with Crippen molar-refractivity contribution in [1.29, 1.82) is 0 Å². The van der Waals surface area contributed by atoms with Crippen LogP contribution in [0.3, 0.4) is 0 Å². The van der Waals surface area contributed by atoms with Gasteiger partial charge >= 0.3 is 0 Å². The van der Waals surface area contributed by atoms with Gasteiger partial charge in [-0.25, -0.2) is 0 Å². The van der Waals surface area contributed by atoms with Crippen molar-refractivity contribution in [3.63, 3.8) is 0 Å². The van der Waals surface area contributed by atoms with Crippen LogP contribution in [-0.4, -0.2) is 3.97 Å². The number of fused-ring (bicyclic) bond motifs is 1. The Morgan fingerprint density at radius 1 is 1.33 bits per heavy atom. The summed E-state index contributed by atoms with van der Waals surface area (Å²) in [6.07, 6.45) is 2.08. The van der Waals surface area contributed by atoms with E-state index in [2.05, 4.69) is 71.6 Å². The standard InChI is InChI=1S/C8H5BrINS/c9-7-1-2-8-6(5-7)3-4-11(8)12-10/h1-5H. The zero-order valence-corrected chi connectivity index (χ0v) is 10.6. The van der Waals surface area contributed by atoms with Crippen molar-refractivity contribution in [3.8, 4) is 0 Å². The van der Waals surface area contributed by atoms with Crippen LogP contribution in [0.15, 0.2) is 34.9 Å². The molecule has 1 nitrogen and oxygen atoms in total. The molecule has 62 valence electrons. The number of nitrogens with zero attached hydrogens (tertiary/aromatic N) is 1. The maximum atomic E-state index is 3.45. The fourth-order valence-electron chi connectivity index (χ4n) is 1.15. The Morgan fingerprint density at radius 3 is 2.92 bits per heavy atom. The van der Waals surface area contributed by atoms with Gasteiger partial charge in [0.25, 0.3) is 0 Å². The second-order valence-corrected chi connectivity index (χ2v) is 5.04. The molecular weight excluding hydrogens is 349 g/mol. The van der Waals surface area contributed by atoms with E-state index in [0.29, 0.717) is 0 Å². The molecule has 0 bridgehead atoms. The van der Waals surface area contributed by atoms with Crippen LogP contribution in [0.25, 0.3) is 10.9 Å². The highest BCUT2D eigenvalue weighted by Gasteiger charge is 1.99. The summed E-state index contributed by atoms with van der Waals surface area (Å²) < 4.78 is 3.27. The first-order chi connectivity index (χ1) is 5.81. The fraction of sp³-hybridized carbons (Fsp3) is 0. The lowest BCUT2D eigenvalue weighted by Crippen LogP contribution is -1.77. The summed E-state index contributed by atoms with van der Waals surface area (Å²) in [5.74, 6) is 0. The molecule has 0 saturated heterocycles. The van der Waals surface area contributed by atoms with Gasteiger partial charge in [-0.3, -0.25) is 3.97 Å². The van der Waals surface area contributed by atoms with E-state index >= 15 is 0 Å². The molecule has 0 aliphatic rings. The first-order valence-corrected chi connectivity index (χ1v) is 7.48. The molecule has 12 heavy (non-hydrogen) atoms. The Morgan fingerprint density at radius 2 is 2.17 bits per heavy atom. The molecule has 1 aromatic heterocycles. The maximum absolute atomic E-state index is 3.45. The molecule has 0 aliphatic carbocycles. The van der Waals surface area contributed by atoms with Gasteiger partial charge in [-0.05, 0) is 24.3 Å². The minimum atomic E-state index is 1.13. The Kier molecular flexibility index (Phi) is 2.66. The van der Waals surface area contributed by atoms with Crippen molar-refractivity contribution >= 4 is 57.2 Å². The lowest BCUT2D eigenvalue weighted by molar-refractivity contribution is 1.37. The number of halogens is 2. The Bertz CT molecular complexity index is 412. The summed E-state index contributed by atoms with van der Waals surface area (Å²) in [6.45, 7) is 0. The van der Waals surface area contributed by atoms with Crippen molar-refractivity contribution in [3.05, 3.63) is 34.9 Å². The van der Waals surface area contributed by atoms with E-state index in [1.807, 2.05) is 0 Å². The van der Waals surface area contributed by atoms with Crippen LogP contribution in [0.4, 0.5) is 0 Å². The maximum Gasteiger partial charge on any atom is 0.0599 e. The molecular formula is C8H5BrINS. The van der Waals surface area contributed by atoms with Gasteiger partial charge in [0.1, 0.15) is 0 Å². The Balaban J connectivity index is 2.73. The fourth-order valence-corrected chi connectivity index (χ4v) is 2.90. The van der Waals surface area contributed by atoms with Gasteiger partial charge in [0.05, 0.1) is 5.52 Å². The second kappa shape index (κ2) is 3.59. The molecule has 0 amide bonds. The van der Waals surface area contributed by atoms with Gasteiger partial charge < -0.3 is 0 Å². The SMILES string of the molecule is Brc1ccc2c(ccn2SI)c1. The van der Waals surface area contributed by atoms with Crippen molar-refractivity contribution in [2.24, 2.45) is 0 Å². The van der Waals surface area contributed by atoms with Crippen molar-refractivity contribution < 1.29 is 0 Å². The molecule has 0 atom stereocenters. The zero-order chi connectivity index (χ0) is 8.55. The van der Waals surface area contributed by atoms with E-state index < -0.39 is 0 Å². The molecule has 0 fully saturated rings. The smallest absolute Gasteiger partial charge is 0.0599 e. The molecule has 0 saturated carbocycles. The summed E-state index contributed by atoms with van der Waals surface area (Å²) >= 11 is 5.72. The van der Waals surface area contributed by atoms with E-state index in [1.54, 1.807) is 9.12 Å². The number of hydrogen-bond acceptors (Lipinski definition) is 1. The summed E-state index contributed by atoms with van der Waals surface area (Å²) in [5, 5.41) is 1.27. The molecule has 1 heterocycles. The normalized spacial score (nSPS) is 10.8. The minimum absolute atomic E-state index is 1.13. The van der Waals surface area contributed by atoms with Crippen LogP contribution >= 0.6 is 46.3 Å². The first-order valence-electron chi connectivity index (χ1n) is 3.37. The monoisotopic (exact) mass is 353 g/mol. The van der Waals surface area contributed by atoms with E-state index in [1.165, 1.54) is 10.9 Å². The minimum Gasteiger partial charge on any atom is -0.283 e. The number of aromatic nitrogens is 1. The lowest BCUT2D eigenvalue weighted by atomic mass is 10.3. The number of rotatable bonds is 1. The van der Waals surface area contributed by atoms with Crippen LogP contribution in [0.1, 0.15) is 0 Å². The molecule has 4 heteroatoms. The van der Waals surface area contributed by atoms with Gasteiger partial charge in [0.15, 0.2) is 0 Å². The van der Waals surface area contributed by atoms with E-state index in [-0.39, 0.29) is 0 Å². The number of hydrogen-bond donors (Lipinski definition) is 0. The lowest BCUT2D eigenvalue weighted by Gasteiger charge is -1.97. The van der Waals surface area contributed by atoms with Crippen molar-refractivity contribution in [1.82, 2.24) is 3.97 Å². The van der Waals surface area contributed by atoms with Crippen molar-refractivity contribution in [2.75, 3.05) is 0 Å². The van der Waals surface area contributed by atoms with E-state index in [4.69, 9.17) is 0 Å². The number of benzene rings is 1. The highest BCUT2D eigenvalue weighted by Crippen LogP contribution is 2.26. The molecule has 0 radical (unpaired) electrons. The highest BCUT2D eigenvalue weighted by molar-refractivity contribution is 14.2. The van der Waals surface area contributed by atoms with Gasteiger partial charge in [-0.15, -0.1) is 0 Å². The molecule has 0 aliphatic heterocycles. The molecule has 2 rings (SSSR count). The Labute approximate surface area is 95.4 Å². The van der Waals surface area contributed by atoms with Crippen LogP contribution in [0, 0.1) is 0 Å². The van der Waals surface area contributed by atoms with Crippen LogP contribution in [-0.2, 0) is 0 Å². The molecule has 0 unspecified atom stereocenters. The summed E-state index contributed by atoms with van der Waals surface area (Å²) in [5.41, 5.74) is 1.26. The van der Waals surface area contributed by atoms with Gasteiger partial charge in [-0.1, -0.05) is 15.9 Å². The molecule has 0 N–H and O–H groups in total. The summed E-state index contributed by atoms with van der Waals surface area (Å²) in [7, 11) is 1.68. The van der Waals surface area contributed by atoms with Crippen LogP contribution < -0.4 is 0 Å². The van der Waals surface area contributed by atoms with Gasteiger partial charge in [-0.2, -0.15) is 0 Å².